The van der Waals surface area contributed by atoms with Crippen molar-refractivity contribution in [3.63, 3.8) is 0 Å². The minimum atomic E-state index is -0.412. The van der Waals surface area contributed by atoms with Gasteiger partial charge in [0.2, 0.25) is 0 Å². The molecular weight excluding hydrogens is 285 g/mol. The second-order valence-corrected chi connectivity index (χ2v) is 5.03. The summed E-state index contributed by atoms with van der Waals surface area (Å²) in [7, 11) is 0. The Hall–Kier alpha value is -2.81. The Balaban J connectivity index is 1.67. The van der Waals surface area contributed by atoms with Crippen molar-refractivity contribution in [2.45, 2.75) is 0 Å². The lowest BCUT2D eigenvalue weighted by atomic mass is 10.2. The van der Waals surface area contributed by atoms with E-state index in [1.165, 1.54) is 12.3 Å². The smallest absolute Gasteiger partial charge is 0.289 e. The zero-order valence-corrected chi connectivity index (χ0v) is 11.8. The summed E-state index contributed by atoms with van der Waals surface area (Å²) in [5.74, 6) is -0.243. The number of carbonyl (C=O) groups is 1. The highest BCUT2D eigenvalue weighted by Crippen LogP contribution is 2.22. The van der Waals surface area contributed by atoms with Crippen LogP contribution in [0.4, 0.5) is 10.1 Å². The summed E-state index contributed by atoms with van der Waals surface area (Å²) in [6.07, 6.45) is 1.47. The number of halogens is 1. The monoisotopic (exact) mass is 299 g/mol. The highest BCUT2D eigenvalue weighted by molar-refractivity contribution is 5.91. The van der Waals surface area contributed by atoms with E-state index in [0.29, 0.717) is 43.2 Å². The molecule has 1 aromatic carbocycles. The summed E-state index contributed by atoms with van der Waals surface area (Å²) in [6, 6.07) is 9.66. The fourth-order valence-electron chi connectivity index (χ4n) is 2.54. The maximum atomic E-state index is 14.0. The first-order valence-corrected chi connectivity index (χ1v) is 6.96. The number of rotatable bonds is 2. The molecule has 6 heteroatoms. The molecular formula is C16H14FN3O2. The topological polar surface area (TPSA) is 60.5 Å². The predicted molar refractivity (Wildman–Crippen MR) is 77.9 cm³/mol. The molecule has 0 N–H and O–H groups in total. The van der Waals surface area contributed by atoms with Crippen molar-refractivity contribution in [1.82, 2.24) is 4.90 Å². The number of furan rings is 1. The molecule has 5 nitrogen and oxygen atoms in total. The summed E-state index contributed by atoms with van der Waals surface area (Å²) in [4.78, 5) is 15.7. The summed E-state index contributed by atoms with van der Waals surface area (Å²) < 4.78 is 19.1. The van der Waals surface area contributed by atoms with Crippen LogP contribution in [-0.2, 0) is 0 Å². The van der Waals surface area contributed by atoms with E-state index in [0.717, 1.165) is 0 Å². The fraction of sp³-hybridized carbons (Fsp3) is 0.250. The molecule has 1 aliphatic heterocycles. The third-order valence-electron chi connectivity index (χ3n) is 3.72. The van der Waals surface area contributed by atoms with Crippen molar-refractivity contribution in [2.75, 3.05) is 31.1 Å². The summed E-state index contributed by atoms with van der Waals surface area (Å²) in [6.45, 7) is 2.07. The number of benzene rings is 1. The van der Waals surface area contributed by atoms with E-state index in [4.69, 9.17) is 9.68 Å². The number of hydrogen-bond donors (Lipinski definition) is 0. The van der Waals surface area contributed by atoms with E-state index in [2.05, 4.69) is 0 Å². The van der Waals surface area contributed by atoms with E-state index in [9.17, 15) is 9.18 Å². The third-order valence-corrected chi connectivity index (χ3v) is 3.72. The molecule has 3 rings (SSSR count). The van der Waals surface area contributed by atoms with Gasteiger partial charge in [-0.25, -0.2) is 4.39 Å². The number of anilines is 1. The molecule has 22 heavy (non-hydrogen) atoms. The van der Waals surface area contributed by atoms with Gasteiger partial charge < -0.3 is 14.2 Å². The van der Waals surface area contributed by atoms with Gasteiger partial charge >= 0.3 is 0 Å². The molecule has 0 radical (unpaired) electrons. The summed E-state index contributed by atoms with van der Waals surface area (Å²) >= 11 is 0. The molecule has 0 unspecified atom stereocenters. The van der Waals surface area contributed by atoms with Crippen molar-refractivity contribution in [3.8, 4) is 6.07 Å². The fourth-order valence-corrected chi connectivity index (χ4v) is 2.54. The van der Waals surface area contributed by atoms with Crippen LogP contribution in [0.1, 0.15) is 16.1 Å². The molecule has 1 aliphatic rings. The van der Waals surface area contributed by atoms with Crippen LogP contribution in [-0.4, -0.2) is 37.0 Å². The van der Waals surface area contributed by atoms with Crippen molar-refractivity contribution >= 4 is 11.6 Å². The molecule has 0 atom stereocenters. The normalized spacial score (nSPS) is 14.7. The van der Waals surface area contributed by atoms with E-state index < -0.39 is 5.82 Å². The highest BCUT2D eigenvalue weighted by Gasteiger charge is 2.24. The molecule has 2 heterocycles. The van der Waals surface area contributed by atoms with E-state index >= 15 is 0 Å². The maximum absolute atomic E-state index is 14.0. The Kier molecular flexibility index (Phi) is 3.79. The molecule has 0 bridgehead atoms. The Morgan fingerprint density at radius 3 is 2.59 bits per heavy atom. The number of nitrogens with zero attached hydrogens (tertiary/aromatic N) is 3. The third kappa shape index (κ3) is 2.66. The number of carbonyl (C=O) groups excluding carboxylic acids is 1. The number of hydrogen-bond acceptors (Lipinski definition) is 4. The lowest BCUT2D eigenvalue weighted by Gasteiger charge is -2.35. The molecule has 1 saturated heterocycles. The molecule has 0 saturated carbocycles. The van der Waals surface area contributed by atoms with Gasteiger partial charge in [-0.1, -0.05) is 0 Å². The number of amides is 1. The van der Waals surface area contributed by atoms with Gasteiger partial charge in [-0.15, -0.1) is 0 Å². The summed E-state index contributed by atoms with van der Waals surface area (Å²) in [5, 5.41) is 8.77. The number of piperazine rings is 1. The molecule has 0 spiro atoms. The first-order valence-electron chi connectivity index (χ1n) is 6.96. The van der Waals surface area contributed by atoms with Crippen LogP contribution >= 0.6 is 0 Å². The second-order valence-electron chi connectivity index (χ2n) is 5.03. The van der Waals surface area contributed by atoms with Crippen LogP contribution in [0.3, 0.4) is 0 Å². The SMILES string of the molecule is N#Cc1ccc(N2CCN(C(=O)c3ccco3)CC2)c(F)c1. The molecule has 1 fully saturated rings. The molecule has 2 aromatic rings. The van der Waals surface area contributed by atoms with Crippen LogP contribution in [0.15, 0.2) is 41.0 Å². The largest absolute Gasteiger partial charge is 0.459 e. The van der Waals surface area contributed by atoms with Crippen LogP contribution in [0.25, 0.3) is 0 Å². The van der Waals surface area contributed by atoms with Crippen molar-refractivity contribution in [3.05, 3.63) is 53.7 Å². The summed E-state index contributed by atoms with van der Waals surface area (Å²) in [5.41, 5.74) is 0.761. The maximum Gasteiger partial charge on any atom is 0.289 e. The Bertz CT molecular complexity index is 713. The van der Waals surface area contributed by atoms with Gasteiger partial charge in [0, 0.05) is 26.2 Å². The Morgan fingerprint density at radius 1 is 1.23 bits per heavy atom. The average Bonchev–Trinajstić information content (AvgIpc) is 3.08. The van der Waals surface area contributed by atoms with Crippen molar-refractivity contribution in [2.24, 2.45) is 0 Å². The van der Waals surface area contributed by atoms with Crippen molar-refractivity contribution < 1.29 is 13.6 Å². The Labute approximate surface area is 127 Å². The molecule has 1 aromatic heterocycles. The van der Waals surface area contributed by atoms with Gasteiger partial charge in [-0.05, 0) is 30.3 Å². The minimum absolute atomic E-state index is 0.148. The Morgan fingerprint density at radius 2 is 2.00 bits per heavy atom. The van der Waals surface area contributed by atoms with E-state index in [1.54, 1.807) is 29.2 Å². The van der Waals surface area contributed by atoms with E-state index in [-0.39, 0.29) is 5.91 Å². The van der Waals surface area contributed by atoms with Crippen molar-refractivity contribution in [1.29, 1.82) is 5.26 Å². The number of nitriles is 1. The lowest BCUT2D eigenvalue weighted by Crippen LogP contribution is -2.49. The average molecular weight is 299 g/mol. The van der Waals surface area contributed by atoms with Crippen LogP contribution in [0.2, 0.25) is 0 Å². The van der Waals surface area contributed by atoms with Crippen LogP contribution in [0.5, 0.6) is 0 Å². The molecule has 112 valence electrons. The molecule has 1 amide bonds. The van der Waals surface area contributed by atoms with Crippen LogP contribution in [0, 0.1) is 17.1 Å². The molecule has 0 aliphatic carbocycles. The minimum Gasteiger partial charge on any atom is -0.459 e. The standard InChI is InChI=1S/C16H14FN3O2/c17-13-10-12(11-18)3-4-14(13)19-5-7-20(8-6-19)16(21)15-2-1-9-22-15/h1-4,9-10H,5-8H2. The predicted octanol–water partition coefficient (Wildman–Crippen LogP) is 2.25. The van der Waals surface area contributed by atoms with Gasteiger partial charge in [0.05, 0.1) is 23.6 Å². The second kappa shape index (κ2) is 5.90. The zero-order chi connectivity index (χ0) is 15.5. The van der Waals surface area contributed by atoms with Gasteiger partial charge in [-0.3, -0.25) is 4.79 Å². The van der Waals surface area contributed by atoms with E-state index in [1.807, 2.05) is 11.0 Å². The quantitative estimate of drug-likeness (QED) is 0.853. The zero-order valence-electron chi connectivity index (χ0n) is 11.8. The first kappa shape index (κ1) is 14.1. The van der Waals surface area contributed by atoms with Gasteiger partial charge in [-0.2, -0.15) is 5.26 Å². The lowest BCUT2D eigenvalue weighted by molar-refractivity contribution is 0.0714. The highest BCUT2D eigenvalue weighted by atomic mass is 19.1. The first-order chi connectivity index (χ1) is 10.7. The van der Waals surface area contributed by atoms with Crippen LogP contribution < -0.4 is 4.90 Å². The van der Waals surface area contributed by atoms with Gasteiger partial charge in [0.1, 0.15) is 5.82 Å². The van der Waals surface area contributed by atoms with Gasteiger partial charge in [0.25, 0.3) is 5.91 Å². The van der Waals surface area contributed by atoms with Gasteiger partial charge in [0.15, 0.2) is 5.76 Å².